The molecule has 0 radical (unpaired) electrons. The highest BCUT2D eigenvalue weighted by Crippen LogP contribution is 2.32. The van der Waals surface area contributed by atoms with Crippen molar-refractivity contribution in [2.45, 2.75) is 44.1 Å². The predicted molar refractivity (Wildman–Crippen MR) is 105 cm³/mol. The largest absolute Gasteiger partial charge is 0.388 e. The Labute approximate surface area is 167 Å². The third-order valence-electron chi connectivity index (χ3n) is 5.34. The van der Waals surface area contributed by atoms with Crippen molar-refractivity contribution in [1.29, 1.82) is 0 Å². The van der Waals surface area contributed by atoms with Gasteiger partial charge in [-0.25, -0.2) is 15.0 Å². The Bertz CT molecular complexity index is 1040. The zero-order valence-electron chi connectivity index (χ0n) is 16.1. The Morgan fingerprint density at radius 1 is 1.17 bits per heavy atom. The first-order valence-corrected chi connectivity index (χ1v) is 9.43. The molecule has 0 bridgehead atoms. The van der Waals surface area contributed by atoms with Crippen molar-refractivity contribution < 1.29 is 15.0 Å². The SMILES string of the molecule is CNc1ncnc2c1ncn2[C@@H]1CC[C@@H](NC(=O)c2cncc(C)c2)[C@@H](O)[C@@H]1O. The molecule has 4 N–H and O–H groups in total. The smallest absolute Gasteiger partial charge is 0.253 e. The summed E-state index contributed by atoms with van der Waals surface area (Å²) in [5, 5.41) is 27.2. The second-order valence-corrected chi connectivity index (χ2v) is 7.25. The number of amides is 1. The Morgan fingerprint density at radius 2 is 2.00 bits per heavy atom. The van der Waals surface area contributed by atoms with E-state index < -0.39 is 24.3 Å². The fraction of sp³-hybridized carbons (Fsp3) is 0.421. The van der Waals surface area contributed by atoms with E-state index in [4.69, 9.17) is 0 Å². The first-order chi connectivity index (χ1) is 14.0. The monoisotopic (exact) mass is 397 g/mol. The van der Waals surface area contributed by atoms with Gasteiger partial charge in [0, 0.05) is 19.4 Å². The summed E-state index contributed by atoms with van der Waals surface area (Å²) in [6, 6.07) is 0.753. The highest BCUT2D eigenvalue weighted by atomic mass is 16.3. The molecule has 1 fully saturated rings. The van der Waals surface area contributed by atoms with Crippen molar-refractivity contribution in [3.05, 3.63) is 42.2 Å². The van der Waals surface area contributed by atoms with E-state index in [0.29, 0.717) is 35.4 Å². The number of carbonyl (C=O) groups excluding carboxylic acids is 1. The van der Waals surface area contributed by atoms with Gasteiger partial charge in [0.25, 0.3) is 5.91 Å². The van der Waals surface area contributed by atoms with Crippen LogP contribution in [0, 0.1) is 6.92 Å². The van der Waals surface area contributed by atoms with E-state index >= 15 is 0 Å². The average Bonchev–Trinajstić information content (AvgIpc) is 3.15. The van der Waals surface area contributed by atoms with Crippen LogP contribution in [0.1, 0.15) is 34.8 Å². The lowest BCUT2D eigenvalue weighted by Crippen LogP contribution is -2.54. The topological polar surface area (TPSA) is 138 Å². The van der Waals surface area contributed by atoms with Gasteiger partial charge in [-0.3, -0.25) is 9.78 Å². The van der Waals surface area contributed by atoms with Crippen LogP contribution in [-0.4, -0.2) is 65.9 Å². The number of aromatic nitrogens is 5. The van der Waals surface area contributed by atoms with Crippen LogP contribution >= 0.6 is 0 Å². The number of imidazole rings is 1. The number of fused-ring (bicyclic) bond motifs is 1. The summed E-state index contributed by atoms with van der Waals surface area (Å²) in [6.07, 6.45) is 4.99. The number of pyridine rings is 1. The lowest BCUT2D eigenvalue weighted by atomic mass is 9.85. The zero-order chi connectivity index (χ0) is 20.5. The molecule has 0 aliphatic heterocycles. The number of aliphatic hydroxyl groups excluding tert-OH is 2. The van der Waals surface area contributed by atoms with Crippen LogP contribution in [0.4, 0.5) is 5.82 Å². The molecular weight excluding hydrogens is 374 g/mol. The molecule has 3 aromatic heterocycles. The minimum atomic E-state index is -1.13. The van der Waals surface area contributed by atoms with E-state index in [-0.39, 0.29) is 5.91 Å². The average molecular weight is 397 g/mol. The van der Waals surface area contributed by atoms with Crippen LogP contribution in [0.25, 0.3) is 11.2 Å². The van der Waals surface area contributed by atoms with Crippen LogP contribution in [0.5, 0.6) is 0 Å². The van der Waals surface area contributed by atoms with Crippen LogP contribution in [0.2, 0.25) is 0 Å². The number of nitrogens with zero attached hydrogens (tertiary/aromatic N) is 5. The quantitative estimate of drug-likeness (QED) is 0.497. The molecule has 4 rings (SSSR count). The second kappa shape index (κ2) is 7.72. The zero-order valence-corrected chi connectivity index (χ0v) is 16.1. The number of hydrogen-bond donors (Lipinski definition) is 4. The first-order valence-electron chi connectivity index (χ1n) is 9.43. The van der Waals surface area contributed by atoms with E-state index in [1.165, 1.54) is 12.5 Å². The standard InChI is InChI=1S/C19H23N7O3/c1-10-5-11(7-21-6-10)19(29)25-12-3-4-13(16(28)15(12)27)26-9-24-14-17(20-2)22-8-23-18(14)26/h5-9,12-13,15-16,27-28H,3-4H2,1-2H3,(H,25,29)(H,20,22,23)/t12-,13-,15-,16-/m1/s1. The maximum Gasteiger partial charge on any atom is 0.253 e. The molecule has 1 saturated carbocycles. The van der Waals surface area contributed by atoms with Gasteiger partial charge in [-0.05, 0) is 31.4 Å². The Hall–Kier alpha value is -3.11. The normalized spacial score (nSPS) is 24.4. The summed E-state index contributed by atoms with van der Waals surface area (Å²) < 4.78 is 1.76. The number of hydrogen-bond acceptors (Lipinski definition) is 8. The van der Waals surface area contributed by atoms with Crippen molar-refractivity contribution in [1.82, 2.24) is 29.8 Å². The summed E-state index contributed by atoms with van der Waals surface area (Å²) in [5.41, 5.74) is 2.47. The summed E-state index contributed by atoms with van der Waals surface area (Å²) in [4.78, 5) is 29.3. The minimum absolute atomic E-state index is 0.324. The maximum atomic E-state index is 12.5. The van der Waals surface area contributed by atoms with Gasteiger partial charge in [-0.1, -0.05) is 0 Å². The number of anilines is 1. The van der Waals surface area contributed by atoms with E-state index in [2.05, 4.69) is 30.6 Å². The van der Waals surface area contributed by atoms with Crippen molar-refractivity contribution in [2.24, 2.45) is 0 Å². The lowest BCUT2D eigenvalue weighted by molar-refractivity contribution is -0.0552. The molecule has 1 amide bonds. The molecule has 0 saturated heterocycles. The van der Waals surface area contributed by atoms with E-state index in [1.54, 1.807) is 30.2 Å². The summed E-state index contributed by atoms with van der Waals surface area (Å²) in [7, 11) is 1.75. The highest BCUT2D eigenvalue weighted by Gasteiger charge is 2.39. The fourth-order valence-corrected chi connectivity index (χ4v) is 3.83. The van der Waals surface area contributed by atoms with Gasteiger partial charge >= 0.3 is 0 Å². The van der Waals surface area contributed by atoms with Gasteiger partial charge < -0.3 is 25.4 Å². The van der Waals surface area contributed by atoms with Gasteiger partial charge in [0.15, 0.2) is 11.5 Å². The van der Waals surface area contributed by atoms with E-state index in [0.717, 1.165) is 5.56 Å². The third-order valence-corrected chi connectivity index (χ3v) is 5.34. The van der Waals surface area contributed by atoms with Gasteiger partial charge in [0.1, 0.15) is 24.1 Å². The molecular formula is C19H23N7O3. The minimum Gasteiger partial charge on any atom is -0.388 e. The number of aliphatic hydroxyl groups is 2. The molecule has 152 valence electrons. The highest BCUT2D eigenvalue weighted by molar-refractivity contribution is 5.94. The maximum absolute atomic E-state index is 12.5. The molecule has 0 unspecified atom stereocenters. The molecule has 3 heterocycles. The van der Waals surface area contributed by atoms with Crippen LogP contribution in [-0.2, 0) is 0 Å². The molecule has 0 aromatic carbocycles. The van der Waals surface area contributed by atoms with Gasteiger partial charge in [-0.15, -0.1) is 0 Å². The first kappa shape index (κ1) is 19.2. The molecule has 0 spiro atoms. The van der Waals surface area contributed by atoms with Gasteiger partial charge in [-0.2, -0.15) is 0 Å². The second-order valence-electron chi connectivity index (χ2n) is 7.25. The van der Waals surface area contributed by atoms with E-state index in [9.17, 15) is 15.0 Å². The molecule has 29 heavy (non-hydrogen) atoms. The van der Waals surface area contributed by atoms with Crippen LogP contribution < -0.4 is 10.6 Å². The van der Waals surface area contributed by atoms with Gasteiger partial charge in [0.05, 0.1) is 24.0 Å². The third kappa shape index (κ3) is 3.52. The summed E-state index contributed by atoms with van der Waals surface area (Å²) in [5.74, 6) is 0.270. The van der Waals surface area contributed by atoms with E-state index in [1.807, 2.05) is 6.92 Å². The number of carbonyl (C=O) groups is 1. The predicted octanol–water partition coefficient (Wildman–Crippen LogP) is 0.427. The van der Waals surface area contributed by atoms with Crippen molar-refractivity contribution >= 4 is 22.9 Å². The van der Waals surface area contributed by atoms with Gasteiger partial charge in [0.2, 0.25) is 0 Å². The fourth-order valence-electron chi connectivity index (χ4n) is 3.83. The number of aryl methyl sites for hydroxylation is 1. The van der Waals surface area contributed by atoms with Crippen LogP contribution in [0.15, 0.2) is 31.1 Å². The number of nitrogens with one attached hydrogen (secondary N) is 2. The Balaban J connectivity index is 1.52. The van der Waals surface area contributed by atoms with Crippen molar-refractivity contribution in [3.63, 3.8) is 0 Å². The molecule has 10 heteroatoms. The van der Waals surface area contributed by atoms with Crippen molar-refractivity contribution in [3.8, 4) is 0 Å². The molecule has 1 aliphatic rings. The van der Waals surface area contributed by atoms with Crippen LogP contribution in [0.3, 0.4) is 0 Å². The lowest BCUT2D eigenvalue weighted by Gasteiger charge is -2.38. The summed E-state index contributed by atoms with van der Waals surface area (Å²) in [6.45, 7) is 1.85. The van der Waals surface area contributed by atoms with Crippen molar-refractivity contribution in [2.75, 3.05) is 12.4 Å². The molecule has 1 aliphatic carbocycles. The molecule has 10 nitrogen and oxygen atoms in total. The Kier molecular flexibility index (Phi) is 5.12. The Morgan fingerprint density at radius 3 is 2.76 bits per heavy atom. The summed E-state index contributed by atoms with van der Waals surface area (Å²) >= 11 is 0. The molecule has 4 atom stereocenters. The number of rotatable bonds is 4. The molecule has 3 aromatic rings.